The molecule has 4 rings (SSSR count). The number of hydrogen-bond acceptors (Lipinski definition) is 6. The highest BCUT2D eigenvalue weighted by molar-refractivity contribution is 7.13. The van der Waals surface area contributed by atoms with Crippen LogP contribution in [0.25, 0.3) is 21.8 Å². The van der Waals surface area contributed by atoms with E-state index in [2.05, 4.69) is 15.4 Å². The van der Waals surface area contributed by atoms with Crippen LogP contribution in [0, 0.1) is 6.92 Å². The van der Waals surface area contributed by atoms with Crippen LogP contribution < -0.4 is 10.9 Å². The molecule has 8 heteroatoms. The molecule has 0 spiro atoms. The first-order valence-corrected chi connectivity index (χ1v) is 10.7. The molecular weight excluding hydrogens is 404 g/mol. The maximum Gasteiger partial charge on any atom is 0.267 e. The van der Waals surface area contributed by atoms with Crippen molar-refractivity contribution in [2.24, 2.45) is 0 Å². The molecule has 0 unspecified atom stereocenters. The average molecular weight is 423 g/mol. The number of aromatic nitrogens is 3. The Hall–Kier alpha value is -3.10. The van der Waals surface area contributed by atoms with Crippen molar-refractivity contribution in [3.63, 3.8) is 0 Å². The Bertz CT molecular complexity index is 1210. The van der Waals surface area contributed by atoms with E-state index in [9.17, 15) is 9.59 Å². The first-order chi connectivity index (χ1) is 14.0. The minimum Gasteiger partial charge on any atom is -0.324 e. The zero-order valence-electron chi connectivity index (χ0n) is 15.8. The highest BCUT2D eigenvalue weighted by atomic mass is 32.1. The summed E-state index contributed by atoms with van der Waals surface area (Å²) in [4.78, 5) is 30.7. The predicted molar refractivity (Wildman–Crippen MR) is 117 cm³/mol. The van der Waals surface area contributed by atoms with Gasteiger partial charge < -0.3 is 5.32 Å². The van der Waals surface area contributed by atoms with Crippen molar-refractivity contribution in [1.82, 2.24) is 14.8 Å². The number of aryl methyl sites for hydroxylation is 1. The van der Waals surface area contributed by atoms with Crippen LogP contribution in [0.2, 0.25) is 0 Å². The van der Waals surface area contributed by atoms with Crippen molar-refractivity contribution in [2.45, 2.75) is 19.9 Å². The summed E-state index contributed by atoms with van der Waals surface area (Å²) in [5, 5.41) is 12.2. The maximum absolute atomic E-state index is 12.9. The van der Waals surface area contributed by atoms with Gasteiger partial charge in [0.2, 0.25) is 5.91 Å². The second kappa shape index (κ2) is 8.10. The third-order valence-corrected chi connectivity index (χ3v) is 6.09. The summed E-state index contributed by atoms with van der Waals surface area (Å²) in [5.41, 5.74) is 2.64. The number of thiazole rings is 1. The molecule has 0 aliphatic carbocycles. The van der Waals surface area contributed by atoms with Gasteiger partial charge in [-0.3, -0.25) is 9.59 Å². The van der Waals surface area contributed by atoms with Crippen molar-refractivity contribution < 1.29 is 4.79 Å². The molecule has 0 fully saturated rings. The van der Waals surface area contributed by atoms with Crippen molar-refractivity contribution in [3.8, 4) is 21.8 Å². The molecule has 0 radical (unpaired) electrons. The Balaban J connectivity index is 1.62. The standard InChI is InChI=1S/C21H18N4O2S2/c1-13(25-20(26)10-9-17(24-25)19-8-5-11-28-19)21(27)23-16-7-4-3-6-15(16)18-12-29-14(2)22-18/h3-13H,1-2H3,(H,23,27)/t13-/m0/s1. The van der Waals surface area contributed by atoms with E-state index in [1.54, 1.807) is 24.3 Å². The number of thiophene rings is 1. The molecule has 0 aliphatic heterocycles. The fraction of sp³-hybridized carbons (Fsp3) is 0.143. The fourth-order valence-corrected chi connectivity index (χ4v) is 4.21. The first kappa shape index (κ1) is 19.2. The lowest BCUT2D eigenvalue weighted by molar-refractivity contribution is -0.119. The number of hydrogen-bond donors (Lipinski definition) is 1. The van der Waals surface area contributed by atoms with Gasteiger partial charge in [-0.1, -0.05) is 24.3 Å². The minimum atomic E-state index is -0.771. The Labute approximate surface area is 175 Å². The molecule has 1 atom stereocenters. The number of carbonyl (C=O) groups excluding carboxylic acids is 1. The van der Waals surface area contributed by atoms with Crippen LogP contribution in [0.1, 0.15) is 18.0 Å². The van der Waals surface area contributed by atoms with Crippen molar-refractivity contribution in [1.29, 1.82) is 0 Å². The highest BCUT2D eigenvalue weighted by Crippen LogP contribution is 2.29. The van der Waals surface area contributed by atoms with Gasteiger partial charge in [0, 0.05) is 17.0 Å². The van der Waals surface area contributed by atoms with E-state index < -0.39 is 6.04 Å². The van der Waals surface area contributed by atoms with Crippen LogP contribution in [-0.4, -0.2) is 20.7 Å². The largest absolute Gasteiger partial charge is 0.324 e. The SMILES string of the molecule is Cc1nc(-c2ccccc2NC(=O)[C@H](C)n2nc(-c3cccs3)ccc2=O)cs1. The van der Waals surface area contributed by atoms with Gasteiger partial charge in [0.05, 0.1) is 21.3 Å². The summed E-state index contributed by atoms with van der Waals surface area (Å²) in [6, 6.07) is 13.7. The van der Waals surface area contributed by atoms with Gasteiger partial charge in [0.1, 0.15) is 11.7 Å². The lowest BCUT2D eigenvalue weighted by Gasteiger charge is -2.16. The molecule has 0 saturated carbocycles. The molecule has 0 bridgehead atoms. The Morgan fingerprint density at radius 1 is 1.07 bits per heavy atom. The van der Waals surface area contributed by atoms with Gasteiger partial charge in [-0.25, -0.2) is 9.67 Å². The fourth-order valence-electron chi connectivity index (χ4n) is 2.91. The molecule has 6 nitrogen and oxygen atoms in total. The van der Waals surface area contributed by atoms with Crippen LogP contribution in [-0.2, 0) is 4.79 Å². The summed E-state index contributed by atoms with van der Waals surface area (Å²) in [7, 11) is 0. The van der Waals surface area contributed by atoms with E-state index in [0.29, 0.717) is 11.4 Å². The van der Waals surface area contributed by atoms with E-state index in [-0.39, 0.29) is 11.5 Å². The number of nitrogens with zero attached hydrogens (tertiary/aromatic N) is 3. The summed E-state index contributed by atoms with van der Waals surface area (Å²) in [6.45, 7) is 3.60. The second-order valence-corrected chi connectivity index (χ2v) is 8.45. The van der Waals surface area contributed by atoms with Gasteiger partial charge in [-0.15, -0.1) is 22.7 Å². The average Bonchev–Trinajstić information content (AvgIpc) is 3.40. The van der Waals surface area contributed by atoms with Gasteiger partial charge in [0.15, 0.2) is 0 Å². The van der Waals surface area contributed by atoms with Crippen LogP contribution in [0.4, 0.5) is 5.69 Å². The molecule has 0 aliphatic rings. The molecule has 3 heterocycles. The Kier molecular flexibility index (Phi) is 5.37. The molecule has 146 valence electrons. The molecule has 3 aromatic heterocycles. The Morgan fingerprint density at radius 3 is 2.62 bits per heavy atom. The first-order valence-electron chi connectivity index (χ1n) is 8.99. The number of rotatable bonds is 5. The van der Waals surface area contributed by atoms with E-state index in [4.69, 9.17) is 0 Å². The van der Waals surface area contributed by atoms with Crippen LogP contribution >= 0.6 is 22.7 Å². The zero-order chi connectivity index (χ0) is 20.4. The van der Waals surface area contributed by atoms with Gasteiger partial charge in [0.25, 0.3) is 5.56 Å². The topological polar surface area (TPSA) is 76.9 Å². The number of anilines is 1. The molecule has 29 heavy (non-hydrogen) atoms. The number of benzene rings is 1. The van der Waals surface area contributed by atoms with Crippen molar-refractivity contribution in [3.05, 3.63) is 74.7 Å². The van der Waals surface area contributed by atoms with Crippen molar-refractivity contribution >= 4 is 34.3 Å². The smallest absolute Gasteiger partial charge is 0.267 e. The van der Waals surface area contributed by atoms with Crippen LogP contribution in [0.3, 0.4) is 0 Å². The van der Waals surface area contributed by atoms with E-state index in [0.717, 1.165) is 21.1 Å². The summed E-state index contributed by atoms with van der Waals surface area (Å²) >= 11 is 3.08. The summed E-state index contributed by atoms with van der Waals surface area (Å²) in [6.07, 6.45) is 0. The summed E-state index contributed by atoms with van der Waals surface area (Å²) < 4.78 is 1.22. The lowest BCUT2D eigenvalue weighted by atomic mass is 10.1. The highest BCUT2D eigenvalue weighted by Gasteiger charge is 2.20. The number of carbonyl (C=O) groups is 1. The molecule has 4 aromatic rings. The monoisotopic (exact) mass is 422 g/mol. The predicted octanol–water partition coefficient (Wildman–Crippen LogP) is 4.60. The third kappa shape index (κ3) is 4.03. The minimum absolute atomic E-state index is 0.317. The van der Waals surface area contributed by atoms with Gasteiger partial charge >= 0.3 is 0 Å². The van der Waals surface area contributed by atoms with Gasteiger partial charge in [-0.2, -0.15) is 5.10 Å². The maximum atomic E-state index is 12.9. The van der Waals surface area contributed by atoms with Crippen molar-refractivity contribution in [2.75, 3.05) is 5.32 Å². The molecular formula is C21H18N4O2S2. The second-order valence-electron chi connectivity index (χ2n) is 6.44. The normalized spacial score (nSPS) is 11.9. The number of nitrogens with one attached hydrogen (secondary N) is 1. The number of amides is 1. The van der Waals surface area contributed by atoms with E-state index >= 15 is 0 Å². The third-order valence-electron chi connectivity index (χ3n) is 4.42. The quantitative estimate of drug-likeness (QED) is 0.510. The molecule has 1 amide bonds. The van der Waals surface area contributed by atoms with E-state index in [1.165, 1.54) is 22.1 Å². The Morgan fingerprint density at radius 2 is 1.90 bits per heavy atom. The molecule has 1 N–H and O–H groups in total. The molecule has 0 saturated heterocycles. The van der Waals surface area contributed by atoms with E-state index in [1.807, 2.05) is 54.1 Å². The zero-order valence-corrected chi connectivity index (χ0v) is 17.5. The molecule has 1 aromatic carbocycles. The summed E-state index contributed by atoms with van der Waals surface area (Å²) in [5.74, 6) is -0.317. The number of para-hydroxylation sites is 1. The lowest BCUT2D eigenvalue weighted by Crippen LogP contribution is -2.33. The van der Waals surface area contributed by atoms with Gasteiger partial charge in [-0.05, 0) is 37.4 Å². The van der Waals surface area contributed by atoms with Crippen LogP contribution in [0.15, 0.2) is 64.1 Å². The van der Waals surface area contributed by atoms with Crippen LogP contribution in [0.5, 0.6) is 0 Å².